The highest BCUT2D eigenvalue weighted by Crippen LogP contribution is 2.12. The number of esters is 2. The van der Waals surface area contributed by atoms with Gasteiger partial charge in [-0.05, 0) is 19.2 Å². The quantitative estimate of drug-likeness (QED) is 0.725. The number of hydrogen-bond acceptors (Lipinski definition) is 6. The zero-order chi connectivity index (χ0) is 14.4. The molecule has 0 aliphatic rings. The summed E-state index contributed by atoms with van der Waals surface area (Å²) >= 11 is 0. The molecule has 106 valence electrons. The molecule has 0 bridgehead atoms. The van der Waals surface area contributed by atoms with E-state index in [-0.39, 0.29) is 17.6 Å². The van der Waals surface area contributed by atoms with E-state index in [1.165, 1.54) is 14.2 Å². The number of carbonyl (C=O) groups is 2. The van der Waals surface area contributed by atoms with Crippen molar-refractivity contribution in [2.75, 3.05) is 27.8 Å². The fourth-order valence-corrected chi connectivity index (χ4v) is 1.75. The fraction of sp³-hybridized carbons (Fsp3) is 0.538. The van der Waals surface area contributed by atoms with Crippen molar-refractivity contribution >= 4 is 11.9 Å². The van der Waals surface area contributed by atoms with Crippen molar-refractivity contribution in [2.24, 2.45) is 5.92 Å². The molecule has 0 saturated carbocycles. The Balaban J connectivity index is 2.52. The van der Waals surface area contributed by atoms with Crippen LogP contribution in [0.5, 0.6) is 0 Å². The molecule has 0 N–H and O–H groups in total. The van der Waals surface area contributed by atoms with E-state index in [0.29, 0.717) is 18.8 Å². The van der Waals surface area contributed by atoms with Crippen molar-refractivity contribution in [1.82, 2.24) is 4.90 Å². The molecular formula is C13H19NO5. The van der Waals surface area contributed by atoms with E-state index >= 15 is 0 Å². The molecule has 0 saturated heterocycles. The van der Waals surface area contributed by atoms with Crippen molar-refractivity contribution in [1.29, 1.82) is 0 Å². The van der Waals surface area contributed by atoms with Crippen LogP contribution in [0.15, 0.2) is 16.5 Å². The van der Waals surface area contributed by atoms with Gasteiger partial charge in [-0.15, -0.1) is 0 Å². The van der Waals surface area contributed by atoms with Crippen LogP contribution in [0.25, 0.3) is 0 Å². The molecular weight excluding hydrogens is 250 g/mol. The van der Waals surface area contributed by atoms with Crippen LogP contribution in [0.1, 0.15) is 23.2 Å². The van der Waals surface area contributed by atoms with E-state index in [2.05, 4.69) is 9.47 Å². The normalized spacial score (nSPS) is 12.3. The Labute approximate surface area is 112 Å². The lowest BCUT2D eigenvalue weighted by Crippen LogP contribution is -2.28. The van der Waals surface area contributed by atoms with Crippen LogP contribution in [0.3, 0.4) is 0 Å². The molecule has 0 spiro atoms. The van der Waals surface area contributed by atoms with E-state index in [1.54, 1.807) is 19.1 Å². The number of carbonyl (C=O) groups excluding carboxylic acids is 2. The minimum atomic E-state index is -0.503. The molecule has 6 nitrogen and oxygen atoms in total. The van der Waals surface area contributed by atoms with Gasteiger partial charge in [0.25, 0.3) is 0 Å². The summed E-state index contributed by atoms with van der Waals surface area (Å²) in [5, 5.41) is 0. The molecule has 1 atom stereocenters. The second-order valence-corrected chi connectivity index (χ2v) is 4.38. The first-order valence-corrected chi connectivity index (χ1v) is 5.91. The minimum absolute atomic E-state index is 0.173. The highest BCUT2D eigenvalue weighted by molar-refractivity contribution is 5.86. The number of hydrogen-bond donors (Lipinski definition) is 0. The molecule has 6 heteroatoms. The second kappa shape index (κ2) is 6.94. The topological polar surface area (TPSA) is 69.0 Å². The molecule has 0 radical (unpaired) electrons. The first-order valence-electron chi connectivity index (χ1n) is 5.91. The molecule has 1 heterocycles. The Kier molecular flexibility index (Phi) is 5.57. The summed E-state index contributed by atoms with van der Waals surface area (Å²) in [4.78, 5) is 24.4. The van der Waals surface area contributed by atoms with Gasteiger partial charge >= 0.3 is 11.9 Å². The monoisotopic (exact) mass is 269 g/mol. The number of nitrogens with zero attached hydrogens (tertiary/aromatic N) is 1. The van der Waals surface area contributed by atoms with Crippen molar-refractivity contribution in [3.63, 3.8) is 0 Å². The Morgan fingerprint density at radius 2 is 2.00 bits per heavy atom. The van der Waals surface area contributed by atoms with Crippen LogP contribution in [-0.2, 0) is 20.8 Å². The zero-order valence-corrected chi connectivity index (χ0v) is 11.6. The molecule has 0 aromatic carbocycles. The summed E-state index contributed by atoms with van der Waals surface area (Å²) in [5.74, 6) is -0.157. The van der Waals surface area contributed by atoms with Crippen LogP contribution in [0, 0.1) is 5.92 Å². The largest absolute Gasteiger partial charge is 0.469 e. The average molecular weight is 269 g/mol. The van der Waals surface area contributed by atoms with Crippen LogP contribution < -0.4 is 0 Å². The molecule has 1 aromatic heterocycles. The van der Waals surface area contributed by atoms with E-state index in [9.17, 15) is 9.59 Å². The van der Waals surface area contributed by atoms with E-state index in [0.717, 1.165) is 0 Å². The van der Waals surface area contributed by atoms with Gasteiger partial charge in [-0.25, -0.2) is 4.79 Å². The van der Waals surface area contributed by atoms with E-state index < -0.39 is 5.97 Å². The predicted molar refractivity (Wildman–Crippen MR) is 67.6 cm³/mol. The lowest BCUT2D eigenvalue weighted by Gasteiger charge is -2.18. The highest BCUT2D eigenvalue weighted by atomic mass is 16.5. The first kappa shape index (κ1) is 15.2. The maximum absolute atomic E-state index is 11.3. The van der Waals surface area contributed by atoms with Gasteiger partial charge in [0.1, 0.15) is 5.76 Å². The van der Waals surface area contributed by atoms with Crippen LogP contribution in [0.2, 0.25) is 0 Å². The SMILES string of the molecule is COC(=O)c1ccc(CN(C)CC(C)C(=O)OC)o1. The van der Waals surface area contributed by atoms with Gasteiger partial charge in [0, 0.05) is 6.54 Å². The summed E-state index contributed by atoms with van der Waals surface area (Å²) in [6, 6.07) is 3.28. The minimum Gasteiger partial charge on any atom is -0.469 e. The highest BCUT2D eigenvalue weighted by Gasteiger charge is 2.17. The lowest BCUT2D eigenvalue weighted by molar-refractivity contribution is -0.145. The summed E-state index contributed by atoms with van der Waals surface area (Å²) in [6.45, 7) is 2.84. The van der Waals surface area contributed by atoms with Crippen molar-refractivity contribution in [2.45, 2.75) is 13.5 Å². The molecule has 1 rings (SSSR count). The van der Waals surface area contributed by atoms with Gasteiger partial charge in [-0.2, -0.15) is 0 Å². The third-order valence-electron chi connectivity index (χ3n) is 2.66. The van der Waals surface area contributed by atoms with Crippen LogP contribution in [0.4, 0.5) is 0 Å². The van der Waals surface area contributed by atoms with Crippen molar-refractivity contribution < 1.29 is 23.5 Å². The molecule has 0 fully saturated rings. The standard InChI is InChI=1S/C13H19NO5/c1-9(12(15)17-3)7-14(2)8-10-5-6-11(19-10)13(16)18-4/h5-6,9H,7-8H2,1-4H3. The maximum atomic E-state index is 11.3. The third kappa shape index (κ3) is 4.40. The number of ether oxygens (including phenoxy) is 2. The Morgan fingerprint density at radius 1 is 1.32 bits per heavy atom. The average Bonchev–Trinajstić information content (AvgIpc) is 2.84. The number of furan rings is 1. The van der Waals surface area contributed by atoms with Crippen molar-refractivity contribution in [3.05, 3.63) is 23.7 Å². The van der Waals surface area contributed by atoms with Crippen molar-refractivity contribution in [3.8, 4) is 0 Å². The smallest absolute Gasteiger partial charge is 0.373 e. The summed E-state index contributed by atoms with van der Waals surface area (Å²) in [6.07, 6.45) is 0. The molecule has 1 unspecified atom stereocenters. The number of methoxy groups -OCH3 is 2. The molecule has 0 aliphatic heterocycles. The van der Waals surface area contributed by atoms with Gasteiger partial charge in [0.15, 0.2) is 0 Å². The first-order chi connectivity index (χ1) is 8.97. The summed E-state index contributed by atoms with van der Waals surface area (Å²) in [7, 11) is 4.53. The number of rotatable bonds is 6. The van der Waals surface area contributed by atoms with Crippen LogP contribution >= 0.6 is 0 Å². The summed E-state index contributed by atoms with van der Waals surface area (Å²) < 4.78 is 14.6. The van der Waals surface area contributed by atoms with Gasteiger partial charge in [-0.1, -0.05) is 6.92 Å². The predicted octanol–water partition coefficient (Wildman–Crippen LogP) is 1.31. The second-order valence-electron chi connectivity index (χ2n) is 4.38. The maximum Gasteiger partial charge on any atom is 0.373 e. The lowest BCUT2D eigenvalue weighted by atomic mass is 10.2. The van der Waals surface area contributed by atoms with Crippen LogP contribution in [-0.4, -0.2) is 44.7 Å². The Morgan fingerprint density at radius 3 is 2.58 bits per heavy atom. The zero-order valence-electron chi connectivity index (χ0n) is 11.6. The van der Waals surface area contributed by atoms with Gasteiger partial charge in [0.2, 0.25) is 5.76 Å². The van der Waals surface area contributed by atoms with Gasteiger partial charge in [-0.3, -0.25) is 9.69 Å². The molecule has 0 amide bonds. The summed E-state index contributed by atoms with van der Waals surface area (Å²) in [5.41, 5.74) is 0. The Bertz CT molecular complexity index is 440. The molecule has 0 aliphatic carbocycles. The molecule has 1 aromatic rings. The van der Waals surface area contributed by atoms with Gasteiger partial charge < -0.3 is 13.9 Å². The third-order valence-corrected chi connectivity index (χ3v) is 2.66. The fourth-order valence-electron chi connectivity index (χ4n) is 1.75. The van der Waals surface area contributed by atoms with Gasteiger partial charge in [0.05, 0.1) is 26.7 Å². The van der Waals surface area contributed by atoms with E-state index in [4.69, 9.17) is 4.42 Å². The van der Waals surface area contributed by atoms with E-state index in [1.807, 2.05) is 11.9 Å². The molecule has 19 heavy (non-hydrogen) atoms. The Hall–Kier alpha value is -1.82.